The first-order valence-corrected chi connectivity index (χ1v) is 6.71. The van der Waals surface area contributed by atoms with Gasteiger partial charge in [0.05, 0.1) is 5.69 Å². The number of carboxylic acids is 1. The van der Waals surface area contributed by atoms with Gasteiger partial charge in [-0.05, 0) is 48.8 Å². The Balaban J connectivity index is 2.99. The lowest BCUT2D eigenvalue weighted by atomic mass is 10.1. The van der Waals surface area contributed by atoms with Gasteiger partial charge in [-0.1, -0.05) is 0 Å². The molecule has 0 radical (unpaired) electrons. The highest BCUT2D eigenvalue weighted by atomic mass is 79.9. The minimum atomic E-state index is -1.20. The van der Waals surface area contributed by atoms with Gasteiger partial charge >= 0.3 is 12.1 Å². The van der Waals surface area contributed by atoms with Gasteiger partial charge in [-0.3, -0.25) is 9.88 Å². The van der Waals surface area contributed by atoms with Crippen molar-refractivity contribution in [1.82, 2.24) is 9.88 Å². The fourth-order valence-electron chi connectivity index (χ4n) is 1.48. The van der Waals surface area contributed by atoms with E-state index in [0.29, 0.717) is 0 Å². The van der Waals surface area contributed by atoms with Crippen LogP contribution in [0.1, 0.15) is 32.5 Å². The molecule has 0 aliphatic carbocycles. The van der Waals surface area contributed by atoms with Crippen LogP contribution in [0.15, 0.2) is 22.8 Å². The van der Waals surface area contributed by atoms with E-state index < -0.39 is 23.7 Å². The van der Waals surface area contributed by atoms with Gasteiger partial charge in [0.2, 0.25) is 0 Å². The van der Waals surface area contributed by atoms with Crippen molar-refractivity contribution in [2.75, 3.05) is 7.05 Å². The number of amides is 1. The molecule has 1 heterocycles. The van der Waals surface area contributed by atoms with Crippen LogP contribution in [0, 0.1) is 0 Å². The molecular weight excluding hydrogens is 328 g/mol. The van der Waals surface area contributed by atoms with Crippen LogP contribution in [-0.4, -0.2) is 39.7 Å². The third-order valence-corrected chi connectivity index (χ3v) is 2.80. The topological polar surface area (TPSA) is 79.7 Å². The predicted molar refractivity (Wildman–Crippen MR) is 76.3 cm³/mol. The highest BCUT2D eigenvalue weighted by Crippen LogP contribution is 2.21. The molecule has 20 heavy (non-hydrogen) atoms. The largest absolute Gasteiger partial charge is 0.479 e. The SMILES string of the molecule is CN(C(=O)OC(C)(C)C)C(C(=O)O)c1ccc(Br)cn1. The predicted octanol–water partition coefficient (Wildman–Crippen LogP) is 2.84. The van der Waals surface area contributed by atoms with E-state index in [-0.39, 0.29) is 5.69 Å². The van der Waals surface area contributed by atoms with Crippen molar-refractivity contribution in [3.8, 4) is 0 Å². The maximum atomic E-state index is 11.9. The summed E-state index contributed by atoms with van der Waals surface area (Å²) in [6.45, 7) is 5.14. The third-order valence-electron chi connectivity index (χ3n) is 2.33. The standard InChI is InChI=1S/C13H17BrN2O4/c1-13(2,3)20-12(19)16(4)10(11(17)18)9-6-5-8(14)7-15-9/h5-7,10H,1-4H3,(H,17,18). The summed E-state index contributed by atoms with van der Waals surface area (Å²) >= 11 is 3.22. The Morgan fingerprint density at radius 2 is 2.00 bits per heavy atom. The van der Waals surface area contributed by atoms with E-state index >= 15 is 0 Å². The molecule has 110 valence electrons. The van der Waals surface area contributed by atoms with E-state index in [0.717, 1.165) is 9.37 Å². The van der Waals surface area contributed by atoms with E-state index in [1.807, 2.05) is 0 Å². The zero-order valence-electron chi connectivity index (χ0n) is 11.8. The minimum absolute atomic E-state index is 0.258. The molecule has 1 N–H and O–H groups in total. The zero-order valence-corrected chi connectivity index (χ0v) is 13.3. The molecule has 1 aromatic heterocycles. The Morgan fingerprint density at radius 3 is 2.40 bits per heavy atom. The van der Waals surface area contributed by atoms with Gasteiger partial charge in [-0.2, -0.15) is 0 Å². The Bertz CT molecular complexity index is 496. The summed E-state index contributed by atoms with van der Waals surface area (Å²) in [6.07, 6.45) is 0.767. The first kappa shape index (κ1) is 16.4. The normalized spacial score (nSPS) is 12.7. The fourth-order valence-corrected chi connectivity index (χ4v) is 1.71. The molecule has 1 aromatic rings. The summed E-state index contributed by atoms with van der Waals surface area (Å²) in [7, 11) is 1.37. The van der Waals surface area contributed by atoms with Gasteiger partial charge in [0.25, 0.3) is 0 Å². The Kier molecular flexibility index (Phi) is 5.10. The maximum Gasteiger partial charge on any atom is 0.411 e. The van der Waals surface area contributed by atoms with Crippen molar-refractivity contribution in [2.45, 2.75) is 32.4 Å². The van der Waals surface area contributed by atoms with Crippen LogP contribution in [0.4, 0.5) is 4.79 Å². The average Bonchev–Trinajstić information content (AvgIpc) is 2.29. The van der Waals surface area contributed by atoms with Crippen LogP contribution in [0.3, 0.4) is 0 Å². The molecule has 7 heteroatoms. The Hall–Kier alpha value is -1.63. The van der Waals surface area contributed by atoms with E-state index in [1.165, 1.54) is 13.2 Å². The van der Waals surface area contributed by atoms with Gasteiger partial charge in [0, 0.05) is 17.7 Å². The molecule has 0 saturated carbocycles. The van der Waals surface area contributed by atoms with Crippen molar-refractivity contribution < 1.29 is 19.4 Å². The second-order valence-corrected chi connectivity index (χ2v) is 6.15. The molecule has 0 fully saturated rings. The number of likely N-dealkylation sites (N-methyl/N-ethyl adjacent to an activating group) is 1. The van der Waals surface area contributed by atoms with Crippen LogP contribution in [-0.2, 0) is 9.53 Å². The number of carbonyl (C=O) groups is 2. The number of hydrogen-bond donors (Lipinski definition) is 1. The summed E-state index contributed by atoms with van der Waals surface area (Å²) in [6, 6.07) is 2.02. The summed E-state index contributed by atoms with van der Waals surface area (Å²) in [5, 5.41) is 9.31. The van der Waals surface area contributed by atoms with Crippen LogP contribution >= 0.6 is 15.9 Å². The van der Waals surface area contributed by atoms with Gasteiger partial charge in [0.1, 0.15) is 5.60 Å². The van der Waals surface area contributed by atoms with Crippen LogP contribution in [0.2, 0.25) is 0 Å². The third kappa shape index (κ3) is 4.48. The number of ether oxygens (including phenoxy) is 1. The molecular formula is C13H17BrN2O4. The highest BCUT2D eigenvalue weighted by Gasteiger charge is 2.32. The van der Waals surface area contributed by atoms with Crippen molar-refractivity contribution in [1.29, 1.82) is 0 Å². The van der Waals surface area contributed by atoms with E-state index in [4.69, 9.17) is 4.74 Å². The number of carbonyl (C=O) groups excluding carboxylic acids is 1. The second kappa shape index (κ2) is 6.21. The van der Waals surface area contributed by atoms with Crippen LogP contribution < -0.4 is 0 Å². The number of carboxylic acid groups (broad SMARTS) is 1. The van der Waals surface area contributed by atoms with E-state index in [2.05, 4.69) is 20.9 Å². The molecule has 6 nitrogen and oxygen atoms in total. The summed E-state index contributed by atoms with van der Waals surface area (Å²) < 4.78 is 5.89. The zero-order chi connectivity index (χ0) is 15.5. The van der Waals surface area contributed by atoms with E-state index in [9.17, 15) is 14.7 Å². The maximum absolute atomic E-state index is 11.9. The molecule has 1 unspecified atom stereocenters. The average molecular weight is 345 g/mol. The summed E-state index contributed by atoms with van der Waals surface area (Å²) in [5.41, 5.74) is -0.435. The van der Waals surface area contributed by atoms with Gasteiger partial charge in [0.15, 0.2) is 6.04 Å². The number of pyridine rings is 1. The molecule has 1 rings (SSSR count). The van der Waals surface area contributed by atoms with Crippen molar-refractivity contribution in [3.05, 3.63) is 28.5 Å². The molecule has 0 aromatic carbocycles. The monoisotopic (exact) mass is 344 g/mol. The highest BCUT2D eigenvalue weighted by molar-refractivity contribution is 9.10. The van der Waals surface area contributed by atoms with Crippen molar-refractivity contribution in [3.63, 3.8) is 0 Å². The number of aromatic nitrogens is 1. The number of aliphatic carboxylic acids is 1. The molecule has 0 aliphatic heterocycles. The smallest absolute Gasteiger partial charge is 0.411 e. The summed E-state index contributed by atoms with van der Waals surface area (Å²) in [4.78, 5) is 28.4. The molecule has 0 aliphatic rings. The molecule has 1 amide bonds. The number of nitrogens with zero attached hydrogens (tertiary/aromatic N) is 2. The molecule has 0 saturated heterocycles. The van der Waals surface area contributed by atoms with Crippen molar-refractivity contribution in [2.24, 2.45) is 0 Å². The van der Waals surface area contributed by atoms with Crippen LogP contribution in [0.25, 0.3) is 0 Å². The minimum Gasteiger partial charge on any atom is -0.479 e. The fraction of sp³-hybridized carbons (Fsp3) is 0.462. The van der Waals surface area contributed by atoms with Crippen LogP contribution in [0.5, 0.6) is 0 Å². The number of hydrogen-bond acceptors (Lipinski definition) is 4. The Labute approximate surface area is 125 Å². The van der Waals surface area contributed by atoms with Crippen molar-refractivity contribution >= 4 is 28.0 Å². The first-order valence-electron chi connectivity index (χ1n) is 5.92. The van der Waals surface area contributed by atoms with E-state index in [1.54, 1.807) is 32.9 Å². The first-order chi connectivity index (χ1) is 9.11. The lowest BCUT2D eigenvalue weighted by molar-refractivity contribution is -0.143. The lowest BCUT2D eigenvalue weighted by Gasteiger charge is -2.28. The van der Waals surface area contributed by atoms with Gasteiger partial charge in [-0.25, -0.2) is 9.59 Å². The lowest BCUT2D eigenvalue weighted by Crippen LogP contribution is -2.40. The molecule has 0 spiro atoms. The number of rotatable bonds is 3. The number of halogens is 1. The van der Waals surface area contributed by atoms with Gasteiger partial charge < -0.3 is 9.84 Å². The Morgan fingerprint density at radius 1 is 1.40 bits per heavy atom. The summed E-state index contributed by atoms with van der Waals surface area (Å²) in [5.74, 6) is -1.17. The second-order valence-electron chi connectivity index (χ2n) is 5.23. The quantitative estimate of drug-likeness (QED) is 0.911. The van der Waals surface area contributed by atoms with Gasteiger partial charge in [-0.15, -0.1) is 0 Å². The molecule has 1 atom stereocenters. The molecule has 0 bridgehead atoms.